The zero-order valence-electron chi connectivity index (χ0n) is 15.4. The van der Waals surface area contributed by atoms with Gasteiger partial charge in [-0.1, -0.05) is 27.7 Å². The van der Waals surface area contributed by atoms with Crippen LogP contribution >= 0.6 is 11.3 Å². The molecule has 1 rings (SSSR count). The molecule has 0 fully saturated rings. The molecule has 0 aliphatic heterocycles. The Hall–Kier alpha value is -1.62. The van der Waals surface area contributed by atoms with Gasteiger partial charge in [0.25, 0.3) is 11.8 Å². The summed E-state index contributed by atoms with van der Waals surface area (Å²) in [6.45, 7) is 11.6. The molecule has 0 spiro atoms. The van der Waals surface area contributed by atoms with Crippen LogP contribution in [0.3, 0.4) is 0 Å². The maximum Gasteiger partial charge on any atom is 0.256 e. The molecule has 2 amide bonds. The van der Waals surface area contributed by atoms with Gasteiger partial charge >= 0.3 is 0 Å². The molecule has 0 atom stereocenters. The molecule has 0 saturated heterocycles. The van der Waals surface area contributed by atoms with Crippen molar-refractivity contribution in [2.24, 2.45) is 11.8 Å². The Kier molecular flexibility index (Phi) is 8.76. The van der Waals surface area contributed by atoms with Gasteiger partial charge < -0.3 is 10.6 Å². The van der Waals surface area contributed by atoms with Gasteiger partial charge in [-0.25, -0.2) is 0 Å². The summed E-state index contributed by atoms with van der Waals surface area (Å²) in [5.41, 5.74) is 1.26. The molecular weight excluding hydrogens is 320 g/mol. The molecule has 134 valence electrons. The lowest BCUT2D eigenvalue weighted by Gasteiger charge is -2.12. The van der Waals surface area contributed by atoms with Crippen molar-refractivity contribution in [2.45, 2.75) is 47.5 Å². The van der Waals surface area contributed by atoms with Gasteiger partial charge in [-0.2, -0.15) is 0 Å². The third kappa shape index (κ3) is 7.30. The average Bonchev–Trinajstić information content (AvgIpc) is 2.88. The molecule has 4 nitrogen and oxygen atoms in total. The Bertz CT molecular complexity index is 546. The zero-order valence-corrected chi connectivity index (χ0v) is 16.3. The minimum Gasteiger partial charge on any atom is -0.352 e. The van der Waals surface area contributed by atoms with Crippen LogP contribution in [-0.2, 0) is 9.59 Å². The summed E-state index contributed by atoms with van der Waals surface area (Å²) < 4.78 is 0. The van der Waals surface area contributed by atoms with Gasteiger partial charge in [-0.3, -0.25) is 9.59 Å². The van der Waals surface area contributed by atoms with E-state index >= 15 is 0 Å². The minimum absolute atomic E-state index is 0.188. The van der Waals surface area contributed by atoms with Crippen LogP contribution < -0.4 is 10.6 Å². The number of amides is 2. The van der Waals surface area contributed by atoms with Gasteiger partial charge in [0.2, 0.25) is 0 Å². The van der Waals surface area contributed by atoms with Crippen LogP contribution in [0.15, 0.2) is 17.0 Å². The van der Waals surface area contributed by atoms with Crippen molar-refractivity contribution in [2.75, 3.05) is 13.1 Å². The first kappa shape index (κ1) is 20.4. The summed E-state index contributed by atoms with van der Waals surface area (Å²) in [6.07, 6.45) is 3.49. The first-order chi connectivity index (χ1) is 11.3. The molecule has 0 saturated carbocycles. The van der Waals surface area contributed by atoms with Crippen LogP contribution in [0.1, 0.15) is 51.0 Å². The highest BCUT2D eigenvalue weighted by Crippen LogP contribution is 2.19. The topological polar surface area (TPSA) is 58.2 Å². The number of carbonyl (C=O) groups is 2. The third-order valence-corrected chi connectivity index (χ3v) is 4.65. The molecule has 0 aliphatic rings. The average molecular weight is 351 g/mol. The fourth-order valence-corrected chi connectivity index (χ4v) is 2.90. The van der Waals surface area contributed by atoms with Crippen LogP contribution in [-0.4, -0.2) is 24.9 Å². The summed E-state index contributed by atoms with van der Waals surface area (Å²) in [5.74, 6) is 0.422. The highest BCUT2D eigenvalue weighted by atomic mass is 32.1. The molecule has 2 N–H and O–H groups in total. The highest BCUT2D eigenvalue weighted by molar-refractivity contribution is 7.11. The van der Waals surface area contributed by atoms with Crippen molar-refractivity contribution >= 4 is 29.2 Å². The van der Waals surface area contributed by atoms with E-state index in [2.05, 4.69) is 38.3 Å². The molecule has 0 bridgehead atoms. The number of aryl methyl sites for hydroxylation is 1. The van der Waals surface area contributed by atoms with Gasteiger partial charge in [-0.15, -0.1) is 11.3 Å². The van der Waals surface area contributed by atoms with Crippen molar-refractivity contribution in [1.82, 2.24) is 10.6 Å². The fourth-order valence-electron chi connectivity index (χ4n) is 2.04. The summed E-state index contributed by atoms with van der Waals surface area (Å²) >= 11 is 1.53. The first-order valence-electron chi connectivity index (χ1n) is 8.63. The van der Waals surface area contributed by atoms with Gasteiger partial charge in [0.15, 0.2) is 0 Å². The summed E-state index contributed by atoms with van der Waals surface area (Å²) in [4.78, 5) is 25.9. The Labute approximate surface area is 149 Å². The summed E-state index contributed by atoms with van der Waals surface area (Å²) in [5, 5.41) is 7.69. The predicted octanol–water partition coefficient (Wildman–Crippen LogP) is 3.76. The summed E-state index contributed by atoms with van der Waals surface area (Å²) in [6, 6.07) is 1.99. The number of carbonyl (C=O) groups excluding carboxylic acids is 2. The number of nitrogens with one attached hydrogen (secondary N) is 2. The molecule has 0 aliphatic carbocycles. The van der Waals surface area contributed by atoms with Crippen molar-refractivity contribution in [3.8, 4) is 0 Å². The van der Waals surface area contributed by atoms with Crippen molar-refractivity contribution in [3.63, 3.8) is 0 Å². The Morgan fingerprint density at radius 3 is 1.92 bits per heavy atom. The first-order valence-corrected chi connectivity index (χ1v) is 9.51. The SMILES string of the molecule is Cc1ccsc1C=C(C(=O)NCCC(C)C)C(=O)NCCC(C)C. The predicted molar refractivity (Wildman–Crippen MR) is 102 cm³/mol. The second-order valence-corrected chi connectivity index (χ2v) is 7.85. The molecular formula is C19H30N2O2S. The molecule has 1 aromatic rings. The molecule has 5 heteroatoms. The molecule has 1 heterocycles. The Balaban J connectivity index is 2.83. The lowest BCUT2D eigenvalue weighted by Crippen LogP contribution is -2.36. The van der Waals surface area contributed by atoms with Crippen LogP contribution in [0.5, 0.6) is 0 Å². The van der Waals surface area contributed by atoms with E-state index in [9.17, 15) is 9.59 Å². The lowest BCUT2D eigenvalue weighted by atomic mass is 10.1. The van der Waals surface area contributed by atoms with E-state index in [0.717, 1.165) is 23.3 Å². The number of hydrogen-bond donors (Lipinski definition) is 2. The smallest absolute Gasteiger partial charge is 0.256 e. The maximum absolute atomic E-state index is 12.5. The third-order valence-electron chi connectivity index (χ3n) is 3.68. The summed E-state index contributed by atoms with van der Waals surface area (Å²) in [7, 11) is 0. The monoisotopic (exact) mass is 350 g/mol. The zero-order chi connectivity index (χ0) is 18.1. The van der Waals surface area contributed by atoms with E-state index in [4.69, 9.17) is 0 Å². The van der Waals surface area contributed by atoms with E-state index in [1.54, 1.807) is 6.08 Å². The molecule has 0 aromatic carbocycles. The lowest BCUT2D eigenvalue weighted by molar-refractivity contribution is -0.123. The number of rotatable bonds is 9. The molecule has 1 aromatic heterocycles. The van der Waals surface area contributed by atoms with Gasteiger partial charge in [0.05, 0.1) is 0 Å². The van der Waals surface area contributed by atoms with E-state index < -0.39 is 0 Å². The van der Waals surface area contributed by atoms with Crippen molar-refractivity contribution < 1.29 is 9.59 Å². The Morgan fingerprint density at radius 2 is 1.54 bits per heavy atom. The van der Waals surface area contributed by atoms with Crippen LogP contribution in [0, 0.1) is 18.8 Å². The second kappa shape index (κ2) is 10.3. The van der Waals surface area contributed by atoms with Crippen molar-refractivity contribution in [3.05, 3.63) is 27.5 Å². The van der Waals surface area contributed by atoms with Gasteiger partial charge in [0.1, 0.15) is 5.57 Å². The van der Waals surface area contributed by atoms with Gasteiger partial charge in [0, 0.05) is 18.0 Å². The number of hydrogen-bond acceptors (Lipinski definition) is 3. The second-order valence-electron chi connectivity index (χ2n) is 6.90. The molecule has 0 unspecified atom stereocenters. The van der Waals surface area contributed by atoms with Crippen LogP contribution in [0.25, 0.3) is 6.08 Å². The van der Waals surface area contributed by atoms with E-state index in [1.165, 1.54) is 11.3 Å². The van der Waals surface area contributed by atoms with Crippen LogP contribution in [0.4, 0.5) is 0 Å². The normalized spacial score (nSPS) is 10.8. The van der Waals surface area contributed by atoms with Crippen LogP contribution in [0.2, 0.25) is 0 Å². The fraction of sp³-hybridized carbons (Fsp3) is 0.579. The van der Waals surface area contributed by atoms with Crippen molar-refractivity contribution in [1.29, 1.82) is 0 Å². The maximum atomic E-state index is 12.5. The Morgan fingerprint density at radius 1 is 1.04 bits per heavy atom. The van der Waals surface area contributed by atoms with Gasteiger partial charge in [-0.05, 0) is 54.7 Å². The standard InChI is InChI=1S/C19H30N2O2S/c1-13(2)6-9-20-18(22)16(12-17-15(5)8-11-24-17)19(23)21-10-7-14(3)4/h8,11-14H,6-7,9-10H2,1-5H3,(H,20,22)(H,21,23). The minimum atomic E-state index is -0.300. The number of thiophene rings is 1. The van der Waals surface area contributed by atoms with E-state index in [1.807, 2.05) is 18.4 Å². The molecule has 24 heavy (non-hydrogen) atoms. The van der Waals surface area contributed by atoms with E-state index in [0.29, 0.717) is 24.9 Å². The largest absolute Gasteiger partial charge is 0.352 e. The molecule has 0 radical (unpaired) electrons. The highest BCUT2D eigenvalue weighted by Gasteiger charge is 2.18. The van der Waals surface area contributed by atoms with E-state index in [-0.39, 0.29) is 17.4 Å². The quantitative estimate of drug-likeness (QED) is 0.405.